The first-order valence-corrected chi connectivity index (χ1v) is 8.20. The summed E-state index contributed by atoms with van der Waals surface area (Å²) in [4.78, 5) is 11.6. The predicted octanol–water partition coefficient (Wildman–Crippen LogP) is 4.22. The van der Waals surface area contributed by atoms with Crippen LogP contribution in [-0.4, -0.2) is 12.6 Å². The Bertz CT molecular complexity index is 490. The van der Waals surface area contributed by atoms with Crippen molar-refractivity contribution in [3.63, 3.8) is 0 Å². The minimum absolute atomic E-state index is 0.182. The summed E-state index contributed by atoms with van der Waals surface area (Å²) in [5, 5.41) is 0. The van der Waals surface area contributed by atoms with E-state index in [9.17, 15) is 4.79 Å². The molecule has 1 fully saturated rings. The number of esters is 1. The van der Waals surface area contributed by atoms with Gasteiger partial charge in [-0.3, -0.25) is 4.79 Å². The minimum atomic E-state index is -0.213. The molecule has 0 aliphatic heterocycles. The maximum atomic E-state index is 11.6. The van der Waals surface area contributed by atoms with Crippen LogP contribution in [-0.2, 0) is 16.0 Å². The number of hydrogen-bond acceptors (Lipinski definition) is 2. The van der Waals surface area contributed by atoms with E-state index in [-0.39, 0.29) is 12.6 Å². The molecule has 2 nitrogen and oxygen atoms in total. The van der Waals surface area contributed by atoms with E-state index < -0.39 is 0 Å². The Hall–Kier alpha value is -1.02. The molecule has 0 radical (unpaired) electrons. The second-order valence-electron chi connectivity index (χ2n) is 5.19. The van der Waals surface area contributed by atoms with Gasteiger partial charge in [0.25, 0.3) is 0 Å². The fourth-order valence-electron chi connectivity index (χ4n) is 2.71. The van der Waals surface area contributed by atoms with Crippen LogP contribution in [0.4, 0.5) is 0 Å². The van der Waals surface area contributed by atoms with Crippen molar-refractivity contribution >= 4 is 28.6 Å². The largest absolute Gasteiger partial charge is 0.452 e. The van der Waals surface area contributed by atoms with E-state index in [2.05, 4.69) is 34.1 Å². The zero-order valence-corrected chi connectivity index (χ0v) is 13.7. The summed E-state index contributed by atoms with van der Waals surface area (Å²) in [5.74, 6) is 3.21. The summed E-state index contributed by atoms with van der Waals surface area (Å²) in [6, 6.07) is 8.44. The van der Waals surface area contributed by atoms with E-state index in [4.69, 9.17) is 4.74 Å². The Morgan fingerprint density at radius 3 is 2.55 bits per heavy atom. The van der Waals surface area contributed by atoms with Crippen LogP contribution in [0.2, 0.25) is 0 Å². The topological polar surface area (TPSA) is 26.3 Å². The van der Waals surface area contributed by atoms with Gasteiger partial charge in [-0.2, -0.15) is 0 Å². The molecule has 0 aromatic heterocycles. The third kappa shape index (κ3) is 4.82. The molecule has 1 aromatic carbocycles. The van der Waals surface area contributed by atoms with Crippen LogP contribution >= 0.6 is 22.6 Å². The number of hydrogen-bond donors (Lipinski definition) is 0. The summed E-state index contributed by atoms with van der Waals surface area (Å²) in [7, 11) is 0. The molecule has 0 unspecified atom stereocenters. The summed E-state index contributed by atoms with van der Waals surface area (Å²) < 4.78 is 7.69. The summed E-state index contributed by atoms with van der Waals surface area (Å²) in [5.41, 5.74) is 2.43. The molecule has 2 rings (SSSR count). The van der Waals surface area contributed by atoms with E-state index in [1.165, 1.54) is 37.7 Å². The molecule has 0 N–H and O–H groups in total. The molecule has 20 heavy (non-hydrogen) atoms. The first-order chi connectivity index (χ1) is 9.79. The highest BCUT2D eigenvalue weighted by atomic mass is 127. The molecular formula is C17H19IO2. The van der Waals surface area contributed by atoms with Crippen LogP contribution in [0.3, 0.4) is 0 Å². The Morgan fingerprint density at radius 2 is 1.90 bits per heavy atom. The van der Waals surface area contributed by atoms with Crippen molar-refractivity contribution in [3.8, 4) is 9.85 Å². The Morgan fingerprint density at radius 1 is 1.20 bits per heavy atom. The lowest BCUT2D eigenvalue weighted by Crippen LogP contribution is -2.08. The second-order valence-corrected chi connectivity index (χ2v) is 5.72. The van der Waals surface area contributed by atoms with Gasteiger partial charge in [-0.15, -0.1) is 0 Å². The maximum absolute atomic E-state index is 11.6. The van der Waals surface area contributed by atoms with Crippen LogP contribution in [0, 0.1) is 9.85 Å². The van der Waals surface area contributed by atoms with Crippen LogP contribution in [0.5, 0.6) is 0 Å². The van der Waals surface area contributed by atoms with Gasteiger partial charge in [-0.25, -0.2) is 0 Å². The van der Waals surface area contributed by atoms with Gasteiger partial charge in [0.05, 0.1) is 6.42 Å². The number of carbonyl (C=O) groups is 1. The first-order valence-electron chi connectivity index (χ1n) is 7.12. The van der Waals surface area contributed by atoms with Crippen LogP contribution in [0.25, 0.3) is 0 Å². The third-order valence-electron chi connectivity index (χ3n) is 3.78. The quantitative estimate of drug-likeness (QED) is 0.443. The molecule has 1 aliphatic rings. The van der Waals surface area contributed by atoms with Gasteiger partial charge >= 0.3 is 5.97 Å². The second kappa shape index (κ2) is 8.31. The normalized spacial score (nSPS) is 15.2. The molecule has 0 heterocycles. The van der Waals surface area contributed by atoms with Gasteiger partial charge in [0, 0.05) is 22.6 Å². The van der Waals surface area contributed by atoms with Crippen LogP contribution in [0.1, 0.15) is 49.1 Å². The predicted molar refractivity (Wildman–Crippen MR) is 88.7 cm³/mol. The fourth-order valence-corrected chi connectivity index (χ4v) is 2.86. The van der Waals surface area contributed by atoms with Crippen molar-refractivity contribution in [2.24, 2.45) is 0 Å². The highest BCUT2D eigenvalue weighted by molar-refractivity contribution is 14.1. The van der Waals surface area contributed by atoms with Crippen molar-refractivity contribution in [1.29, 1.82) is 0 Å². The average Bonchev–Trinajstić information content (AvgIpc) is 2.49. The van der Waals surface area contributed by atoms with Crippen LogP contribution < -0.4 is 0 Å². The first kappa shape index (κ1) is 15.4. The monoisotopic (exact) mass is 382 g/mol. The third-order valence-corrected chi connectivity index (χ3v) is 4.16. The molecule has 106 valence electrons. The van der Waals surface area contributed by atoms with Crippen molar-refractivity contribution in [3.05, 3.63) is 35.4 Å². The highest BCUT2D eigenvalue weighted by Gasteiger charge is 2.15. The van der Waals surface area contributed by atoms with E-state index in [0.29, 0.717) is 12.3 Å². The van der Waals surface area contributed by atoms with Crippen molar-refractivity contribution in [2.45, 2.75) is 44.4 Å². The van der Waals surface area contributed by atoms with Gasteiger partial charge in [0.15, 0.2) is 6.61 Å². The Labute approximate surface area is 134 Å². The van der Waals surface area contributed by atoms with Crippen molar-refractivity contribution < 1.29 is 9.53 Å². The van der Waals surface area contributed by atoms with E-state index in [1.54, 1.807) is 0 Å². The Kier molecular flexibility index (Phi) is 6.38. The number of halogens is 1. The number of ether oxygens (including phenoxy) is 1. The van der Waals surface area contributed by atoms with Crippen LogP contribution in [0.15, 0.2) is 24.3 Å². The summed E-state index contributed by atoms with van der Waals surface area (Å²) >= 11 is 1.93. The lowest BCUT2D eigenvalue weighted by Gasteiger charge is -2.22. The zero-order chi connectivity index (χ0) is 14.2. The molecular weight excluding hydrogens is 363 g/mol. The van der Waals surface area contributed by atoms with E-state index in [1.807, 2.05) is 22.6 Å². The Balaban J connectivity index is 1.87. The molecule has 1 aliphatic carbocycles. The SMILES string of the molecule is O=C(Cc1ccc(C2CCCCC2)cc1)OCC#CI. The lowest BCUT2D eigenvalue weighted by molar-refractivity contribution is -0.141. The molecule has 0 saturated heterocycles. The number of carbonyl (C=O) groups excluding carboxylic acids is 1. The molecule has 0 atom stereocenters. The lowest BCUT2D eigenvalue weighted by atomic mass is 9.84. The molecule has 0 spiro atoms. The van der Waals surface area contributed by atoms with Gasteiger partial charge in [0.1, 0.15) is 0 Å². The summed E-state index contributed by atoms with van der Waals surface area (Å²) in [6.07, 6.45) is 6.99. The standard InChI is InChI=1S/C17H19IO2/c18-11-4-12-20-17(19)13-14-7-9-16(10-8-14)15-5-2-1-3-6-15/h7-10,15H,1-3,5-6,12-13H2. The molecule has 1 aromatic rings. The smallest absolute Gasteiger partial charge is 0.311 e. The van der Waals surface area contributed by atoms with Gasteiger partial charge in [-0.1, -0.05) is 49.4 Å². The van der Waals surface area contributed by atoms with Gasteiger partial charge < -0.3 is 4.74 Å². The van der Waals surface area contributed by atoms with E-state index >= 15 is 0 Å². The minimum Gasteiger partial charge on any atom is -0.452 e. The van der Waals surface area contributed by atoms with Gasteiger partial charge in [-0.05, 0) is 33.8 Å². The molecule has 1 saturated carbocycles. The number of rotatable bonds is 4. The molecule has 0 amide bonds. The van der Waals surface area contributed by atoms with E-state index in [0.717, 1.165) is 5.56 Å². The maximum Gasteiger partial charge on any atom is 0.311 e. The fraction of sp³-hybridized carbons (Fsp3) is 0.471. The van der Waals surface area contributed by atoms with Crippen molar-refractivity contribution in [1.82, 2.24) is 0 Å². The zero-order valence-electron chi connectivity index (χ0n) is 11.5. The van der Waals surface area contributed by atoms with Gasteiger partial charge in [0.2, 0.25) is 0 Å². The average molecular weight is 382 g/mol. The highest BCUT2D eigenvalue weighted by Crippen LogP contribution is 2.32. The molecule has 3 heteroatoms. The number of benzene rings is 1. The molecule has 0 bridgehead atoms. The van der Waals surface area contributed by atoms with Crippen molar-refractivity contribution in [2.75, 3.05) is 6.61 Å². The summed E-state index contributed by atoms with van der Waals surface area (Å²) in [6.45, 7) is 0.182.